The van der Waals surface area contributed by atoms with Crippen molar-refractivity contribution in [2.45, 2.75) is 22.0 Å². The highest BCUT2D eigenvalue weighted by molar-refractivity contribution is 7.91. The lowest BCUT2D eigenvalue weighted by Crippen LogP contribution is -2.17. The molecule has 0 atom stereocenters. The van der Waals surface area contributed by atoms with Gasteiger partial charge < -0.3 is 5.32 Å². The molecular formula is C18H17N3O5S3. The molecule has 152 valence electrons. The molecule has 0 aliphatic carbocycles. The van der Waals surface area contributed by atoms with Crippen LogP contribution < -0.4 is 5.32 Å². The van der Waals surface area contributed by atoms with Crippen LogP contribution in [0.15, 0.2) is 70.5 Å². The second-order valence-electron chi connectivity index (χ2n) is 6.00. The number of carbonyl (C=O) groups is 1. The van der Waals surface area contributed by atoms with Crippen molar-refractivity contribution < 1.29 is 21.6 Å². The second-order valence-corrected chi connectivity index (χ2v) is 11.2. The van der Waals surface area contributed by atoms with Crippen LogP contribution in [0.25, 0.3) is 0 Å². The third-order valence-electron chi connectivity index (χ3n) is 3.83. The van der Waals surface area contributed by atoms with Gasteiger partial charge in [0.2, 0.25) is 11.0 Å². The number of anilines is 1. The maximum Gasteiger partial charge on any atom is 0.227 e. The SMILES string of the molecule is O=C(CCS(=O)(=O)c1ccccc1)Nc1nnc(CS(=O)(=O)c2ccccc2)s1. The van der Waals surface area contributed by atoms with Gasteiger partial charge in [0.25, 0.3) is 0 Å². The summed E-state index contributed by atoms with van der Waals surface area (Å²) in [6, 6.07) is 15.8. The van der Waals surface area contributed by atoms with Crippen LogP contribution in [-0.2, 0) is 30.2 Å². The number of amides is 1. The average molecular weight is 452 g/mol. The molecule has 1 amide bonds. The molecule has 11 heteroatoms. The monoisotopic (exact) mass is 451 g/mol. The summed E-state index contributed by atoms with van der Waals surface area (Å²) in [7, 11) is -7.14. The molecular weight excluding hydrogens is 434 g/mol. The van der Waals surface area contributed by atoms with E-state index in [1.807, 2.05) is 0 Å². The predicted octanol–water partition coefficient (Wildman–Crippen LogP) is 2.31. The summed E-state index contributed by atoms with van der Waals surface area (Å²) in [6.07, 6.45) is -0.256. The fourth-order valence-corrected chi connectivity index (χ4v) is 6.03. The van der Waals surface area contributed by atoms with E-state index in [4.69, 9.17) is 0 Å². The van der Waals surface area contributed by atoms with Gasteiger partial charge in [-0.25, -0.2) is 16.8 Å². The highest BCUT2D eigenvalue weighted by atomic mass is 32.2. The predicted molar refractivity (Wildman–Crippen MR) is 109 cm³/mol. The lowest BCUT2D eigenvalue weighted by Gasteiger charge is -2.04. The summed E-state index contributed by atoms with van der Waals surface area (Å²) in [5.41, 5.74) is 0. The largest absolute Gasteiger partial charge is 0.300 e. The first-order chi connectivity index (χ1) is 13.8. The van der Waals surface area contributed by atoms with Gasteiger partial charge in [-0.15, -0.1) is 10.2 Å². The van der Waals surface area contributed by atoms with Gasteiger partial charge in [-0.05, 0) is 24.3 Å². The quantitative estimate of drug-likeness (QED) is 0.557. The van der Waals surface area contributed by atoms with Gasteiger partial charge in [-0.2, -0.15) is 0 Å². The van der Waals surface area contributed by atoms with Gasteiger partial charge >= 0.3 is 0 Å². The molecule has 0 spiro atoms. The van der Waals surface area contributed by atoms with Crippen molar-refractivity contribution in [1.29, 1.82) is 0 Å². The molecule has 0 fully saturated rings. The van der Waals surface area contributed by atoms with Gasteiger partial charge in [0, 0.05) is 6.42 Å². The van der Waals surface area contributed by atoms with E-state index in [0.29, 0.717) is 0 Å². The Bertz CT molecular complexity index is 1190. The van der Waals surface area contributed by atoms with Crippen LogP contribution in [0.2, 0.25) is 0 Å². The van der Waals surface area contributed by atoms with Crippen LogP contribution in [0.3, 0.4) is 0 Å². The molecule has 0 aliphatic heterocycles. The third kappa shape index (κ3) is 5.68. The van der Waals surface area contributed by atoms with Gasteiger partial charge in [-0.3, -0.25) is 4.79 Å². The summed E-state index contributed by atoms with van der Waals surface area (Å²) in [6.45, 7) is 0. The highest BCUT2D eigenvalue weighted by Crippen LogP contribution is 2.21. The molecule has 0 saturated heterocycles. The molecule has 3 aromatic rings. The third-order valence-corrected chi connectivity index (χ3v) is 8.23. The molecule has 1 N–H and O–H groups in total. The van der Waals surface area contributed by atoms with Crippen LogP contribution in [0.4, 0.5) is 5.13 Å². The van der Waals surface area contributed by atoms with Crippen molar-refractivity contribution in [3.63, 3.8) is 0 Å². The molecule has 3 rings (SSSR count). The van der Waals surface area contributed by atoms with Crippen molar-refractivity contribution in [1.82, 2.24) is 10.2 Å². The van der Waals surface area contributed by atoms with Crippen LogP contribution in [0.1, 0.15) is 11.4 Å². The fraction of sp³-hybridized carbons (Fsp3) is 0.167. The number of benzene rings is 2. The Morgan fingerprint density at radius 1 is 0.828 bits per heavy atom. The van der Waals surface area contributed by atoms with E-state index in [9.17, 15) is 21.6 Å². The van der Waals surface area contributed by atoms with Gasteiger partial charge in [0.1, 0.15) is 10.8 Å². The number of aromatic nitrogens is 2. The number of nitrogens with one attached hydrogen (secondary N) is 1. The lowest BCUT2D eigenvalue weighted by molar-refractivity contribution is -0.115. The zero-order valence-electron chi connectivity index (χ0n) is 15.1. The van der Waals surface area contributed by atoms with Crippen molar-refractivity contribution in [3.05, 3.63) is 65.7 Å². The van der Waals surface area contributed by atoms with Crippen molar-refractivity contribution in [2.75, 3.05) is 11.1 Å². The lowest BCUT2D eigenvalue weighted by atomic mass is 10.4. The van der Waals surface area contributed by atoms with Crippen LogP contribution in [0.5, 0.6) is 0 Å². The van der Waals surface area contributed by atoms with E-state index in [-0.39, 0.29) is 37.9 Å². The number of sulfone groups is 2. The van der Waals surface area contributed by atoms with E-state index in [1.165, 1.54) is 24.3 Å². The van der Waals surface area contributed by atoms with E-state index < -0.39 is 25.6 Å². The molecule has 0 radical (unpaired) electrons. The fourth-order valence-electron chi connectivity index (χ4n) is 2.39. The van der Waals surface area contributed by atoms with Crippen molar-refractivity contribution in [2.24, 2.45) is 0 Å². The van der Waals surface area contributed by atoms with Gasteiger partial charge in [0.05, 0.1) is 15.5 Å². The normalized spacial score (nSPS) is 11.9. The molecule has 0 bridgehead atoms. The number of carbonyl (C=O) groups excluding carboxylic acids is 1. The first-order valence-electron chi connectivity index (χ1n) is 8.44. The summed E-state index contributed by atoms with van der Waals surface area (Å²) < 4.78 is 49.2. The van der Waals surface area contributed by atoms with Crippen LogP contribution in [0, 0.1) is 0 Å². The highest BCUT2D eigenvalue weighted by Gasteiger charge is 2.20. The number of rotatable bonds is 8. The first-order valence-corrected chi connectivity index (χ1v) is 12.6. The minimum Gasteiger partial charge on any atom is -0.300 e. The number of nitrogens with zero attached hydrogens (tertiary/aromatic N) is 2. The summed E-state index contributed by atoms with van der Waals surface area (Å²) >= 11 is 0.930. The molecule has 1 aromatic heterocycles. The molecule has 0 aliphatic rings. The second kappa shape index (κ2) is 8.80. The van der Waals surface area contributed by atoms with E-state index in [1.54, 1.807) is 36.4 Å². The van der Waals surface area contributed by atoms with Gasteiger partial charge in [-0.1, -0.05) is 47.7 Å². The molecule has 0 saturated carbocycles. The zero-order chi connectivity index (χ0) is 20.9. The summed E-state index contributed by atoms with van der Waals surface area (Å²) in [5.74, 6) is -1.23. The Balaban J connectivity index is 1.58. The summed E-state index contributed by atoms with van der Waals surface area (Å²) in [5, 5.41) is 10.3. The topological polar surface area (TPSA) is 123 Å². The zero-order valence-corrected chi connectivity index (χ0v) is 17.5. The average Bonchev–Trinajstić information content (AvgIpc) is 3.14. The Morgan fingerprint density at radius 2 is 1.38 bits per heavy atom. The standard InChI is InChI=1S/C18H17N3O5S3/c22-16(11-12-28(23,24)14-7-3-1-4-8-14)19-18-21-20-17(27-18)13-29(25,26)15-9-5-2-6-10-15/h1-10H,11-13H2,(H,19,21,22). The smallest absolute Gasteiger partial charge is 0.227 e. The molecule has 29 heavy (non-hydrogen) atoms. The van der Waals surface area contributed by atoms with E-state index in [2.05, 4.69) is 15.5 Å². The Kier molecular flexibility index (Phi) is 6.40. The van der Waals surface area contributed by atoms with E-state index in [0.717, 1.165) is 11.3 Å². The molecule has 0 unspecified atom stereocenters. The minimum atomic E-state index is -3.57. The molecule has 2 aromatic carbocycles. The Labute approximate surface area is 172 Å². The Morgan fingerprint density at radius 3 is 1.97 bits per heavy atom. The van der Waals surface area contributed by atoms with Crippen LogP contribution in [-0.4, -0.2) is 38.7 Å². The van der Waals surface area contributed by atoms with Crippen molar-refractivity contribution in [3.8, 4) is 0 Å². The molecule has 1 heterocycles. The Hall–Kier alpha value is -2.63. The van der Waals surface area contributed by atoms with E-state index >= 15 is 0 Å². The van der Waals surface area contributed by atoms with Gasteiger partial charge in [0.15, 0.2) is 19.7 Å². The summed E-state index contributed by atoms with van der Waals surface area (Å²) in [4.78, 5) is 12.4. The van der Waals surface area contributed by atoms with Crippen molar-refractivity contribution >= 4 is 42.1 Å². The molecule has 8 nitrogen and oxygen atoms in total. The van der Waals surface area contributed by atoms with Crippen LogP contribution >= 0.6 is 11.3 Å². The maximum absolute atomic E-state index is 12.4. The number of hydrogen-bond acceptors (Lipinski definition) is 8. The maximum atomic E-state index is 12.4. The number of hydrogen-bond donors (Lipinski definition) is 1. The minimum absolute atomic E-state index is 0.116. The first kappa shape index (κ1) is 21.1.